The summed E-state index contributed by atoms with van der Waals surface area (Å²) in [5, 5.41) is 13.4. The van der Waals surface area contributed by atoms with Crippen molar-refractivity contribution in [3.05, 3.63) is 40.3 Å². The molecule has 8 nitrogen and oxygen atoms in total. The zero-order valence-corrected chi connectivity index (χ0v) is 21.0. The predicted octanol–water partition coefficient (Wildman–Crippen LogP) is 4.36. The molecule has 2 aliphatic heterocycles. The van der Waals surface area contributed by atoms with Gasteiger partial charge in [-0.3, -0.25) is 9.69 Å². The van der Waals surface area contributed by atoms with Gasteiger partial charge in [0.05, 0.1) is 11.0 Å². The van der Waals surface area contributed by atoms with E-state index in [2.05, 4.69) is 15.0 Å². The first-order valence-electron chi connectivity index (χ1n) is 13.7. The molecule has 0 radical (unpaired) electrons. The molecule has 2 aliphatic carbocycles. The smallest absolute Gasteiger partial charge is 0.360 e. The Kier molecular flexibility index (Phi) is 6.32. The Morgan fingerprint density at radius 1 is 0.944 bits per heavy atom. The van der Waals surface area contributed by atoms with Crippen LogP contribution in [0.2, 0.25) is 0 Å². The number of carboxylic acids is 1. The SMILES string of the molecule is CON=C(C(=O)O)c1nc2ccccc2n(C2CC3CCCC(C2)N3C2CC3CCCC(C3)C2)c1=O. The van der Waals surface area contributed by atoms with Crippen molar-refractivity contribution in [2.45, 2.75) is 94.8 Å². The van der Waals surface area contributed by atoms with Gasteiger partial charge in [-0.2, -0.15) is 0 Å². The lowest BCUT2D eigenvalue weighted by Gasteiger charge is -2.55. The lowest BCUT2D eigenvalue weighted by atomic mass is 9.68. The molecule has 8 heteroatoms. The van der Waals surface area contributed by atoms with Crippen molar-refractivity contribution in [1.82, 2.24) is 14.5 Å². The summed E-state index contributed by atoms with van der Waals surface area (Å²) in [6.45, 7) is 0. The highest BCUT2D eigenvalue weighted by Crippen LogP contribution is 2.47. The second-order valence-corrected chi connectivity index (χ2v) is 11.4. The van der Waals surface area contributed by atoms with E-state index < -0.39 is 17.2 Å². The fraction of sp³-hybridized carbons (Fsp3) is 0.643. The van der Waals surface area contributed by atoms with Gasteiger partial charge < -0.3 is 14.5 Å². The van der Waals surface area contributed by atoms with Gasteiger partial charge in [0.2, 0.25) is 5.71 Å². The normalized spacial score (nSPS) is 32.9. The molecule has 0 amide bonds. The van der Waals surface area contributed by atoms with Crippen LogP contribution < -0.4 is 5.56 Å². The molecule has 4 atom stereocenters. The Balaban J connectivity index is 1.37. The molecular weight excluding hydrogens is 456 g/mol. The molecule has 4 unspecified atom stereocenters. The van der Waals surface area contributed by atoms with Crippen molar-refractivity contribution < 1.29 is 14.7 Å². The first-order chi connectivity index (χ1) is 17.5. The highest BCUT2D eigenvalue weighted by Gasteiger charge is 2.45. The minimum Gasteiger partial charge on any atom is -0.476 e. The molecule has 6 rings (SSSR count). The molecule has 2 aromatic rings. The summed E-state index contributed by atoms with van der Waals surface area (Å²) in [7, 11) is 1.28. The number of piperidine rings is 2. The van der Waals surface area contributed by atoms with Crippen molar-refractivity contribution in [3.8, 4) is 0 Å². The average Bonchev–Trinajstić information content (AvgIpc) is 2.86. The van der Waals surface area contributed by atoms with Gasteiger partial charge in [-0.25, -0.2) is 9.78 Å². The largest absolute Gasteiger partial charge is 0.476 e. The first kappa shape index (κ1) is 23.6. The Bertz CT molecular complexity index is 1210. The lowest BCUT2D eigenvalue weighted by Crippen LogP contribution is -2.58. The van der Waals surface area contributed by atoms with E-state index in [9.17, 15) is 14.7 Å². The van der Waals surface area contributed by atoms with E-state index in [1.54, 1.807) is 0 Å². The van der Waals surface area contributed by atoms with Crippen molar-refractivity contribution in [3.63, 3.8) is 0 Å². The molecule has 1 aromatic heterocycles. The average molecular weight is 493 g/mol. The summed E-state index contributed by atoms with van der Waals surface area (Å²) in [6.07, 6.45) is 13.7. The number of carboxylic acid groups (broad SMARTS) is 1. The van der Waals surface area contributed by atoms with Crippen molar-refractivity contribution in [2.75, 3.05) is 7.11 Å². The van der Waals surface area contributed by atoms with Crippen LogP contribution in [0.5, 0.6) is 0 Å². The Labute approximate surface area is 211 Å². The fourth-order valence-corrected chi connectivity index (χ4v) is 8.08. The zero-order chi connectivity index (χ0) is 24.8. The van der Waals surface area contributed by atoms with Crippen LogP contribution in [-0.2, 0) is 9.63 Å². The number of aromatic nitrogens is 2. The molecule has 192 valence electrons. The molecule has 4 aliphatic rings. The second-order valence-electron chi connectivity index (χ2n) is 11.4. The van der Waals surface area contributed by atoms with Crippen LogP contribution in [0.3, 0.4) is 0 Å². The van der Waals surface area contributed by atoms with Gasteiger partial charge in [0.15, 0.2) is 5.69 Å². The van der Waals surface area contributed by atoms with Crippen LogP contribution in [0.25, 0.3) is 11.0 Å². The van der Waals surface area contributed by atoms with Crippen LogP contribution in [0.4, 0.5) is 0 Å². The molecule has 1 N–H and O–H groups in total. The number of oxime groups is 1. The molecule has 0 spiro atoms. The van der Waals surface area contributed by atoms with Crippen LogP contribution in [0.1, 0.15) is 82.4 Å². The minimum atomic E-state index is -1.32. The van der Waals surface area contributed by atoms with E-state index in [0.717, 1.165) is 30.2 Å². The number of hydrogen-bond donors (Lipinski definition) is 1. The Hall–Kier alpha value is -2.74. The summed E-state index contributed by atoms with van der Waals surface area (Å²) in [5.41, 5.74) is 0.363. The number of carbonyl (C=O) groups is 1. The van der Waals surface area contributed by atoms with Gasteiger partial charge in [0.1, 0.15) is 7.11 Å². The molecule has 4 bridgehead atoms. The number of hydrogen-bond acceptors (Lipinski definition) is 6. The fourth-order valence-electron chi connectivity index (χ4n) is 8.08. The maximum atomic E-state index is 13.8. The molecule has 3 heterocycles. The maximum Gasteiger partial charge on any atom is 0.360 e. The highest BCUT2D eigenvalue weighted by molar-refractivity contribution is 6.41. The van der Waals surface area contributed by atoms with Gasteiger partial charge in [0, 0.05) is 24.2 Å². The second kappa shape index (κ2) is 9.61. The van der Waals surface area contributed by atoms with E-state index in [0.29, 0.717) is 23.6 Å². The van der Waals surface area contributed by atoms with E-state index >= 15 is 0 Å². The summed E-state index contributed by atoms with van der Waals surface area (Å²) in [4.78, 5) is 37.8. The van der Waals surface area contributed by atoms with Crippen LogP contribution in [-0.4, -0.2) is 56.5 Å². The Morgan fingerprint density at radius 2 is 1.61 bits per heavy atom. The number of benzene rings is 1. The standard InChI is InChI=1S/C28H36N4O4/c1-36-30-26(28(34)35)25-27(33)32(24-11-3-2-10-23(24)29-25)22-15-19-8-5-9-20(16-22)31(19)21-13-17-6-4-7-18(12-17)14-21/h2-3,10-11,17-22H,4-9,12-16H2,1H3,(H,34,35). The third-order valence-corrected chi connectivity index (χ3v) is 9.30. The van der Waals surface area contributed by atoms with Crippen LogP contribution in [0, 0.1) is 11.8 Å². The summed E-state index contributed by atoms with van der Waals surface area (Å²) < 4.78 is 1.82. The van der Waals surface area contributed by atoms with E-state index in [-0.39, 0.29) is 11.7 Å². The third kappa shape index (κ3) is 4.13. The number of fused-ring (bicyclic) bond motifs is 5. The van der Waals surface area contributed by atoms with Crippen LogP contribution in [0.15, 0.2) is 34.2 Å². The molecular formula is C28H36N4O4. The minimum absolute atomic E-state index is 0.0105. The lowest BCUT2D eigenvalue weighted by molar-refractivity contribution is -0.129. The highest BCUT2D eigenvalue weighted by atomic mass is 16.6. The third-order valence-electron chi connectivity index (χ3n) is 9.30. The van der Waals surface area contributed by atoms with Gasteiger partial charge in [0.25, 0.3) is 5.56 Å². The molecule has 1 aromatic carbocycles. The van der Waals surface area contributed by atoms with E-state index in [1.807, 2.05) is 28.8 Å². The zero-order valence-electron chi connectivity index (χ0n) is 21.0. The number of nitrogens with zero attached hydrogens (tertiary/aromatic N) is 4. The van der Waals surface area contributed by atoms with Gasteiger partial charge in [-0.1, -0.05) is 43.0 Å². The molecule has 4 fully saturated rings. The van der Waals surface area contributed by atoms with Crippen LogP contribution >= 0.6 is 0 Å². The first-order valence-corrected chi connectivity index (χ1v) is 13.7. The van der Waals surface area contributed by atoms with E-state index in [1.165, 1.54) is 64.9 Å². The van der Waals surface area contributed by atoms with Crippen molar-refractivity contribution >= 4 is 22.7 Å². The van der Waals surface area contributed by atoms with Crippen molar-refractivity contribution in [1.29, 1.82) is 0 Å². The number of para-hydroxylation sites is 2. The molecule has 2 saturated carbocycles. The molecule has 2 saturated heterocycles. The maximum absolute atomic E-state index is 13.8. The van der Waals surface area contributed by atoms with Gasteiger partial charge in [-0.15, -0.1) is 0 Å². The van der Waals surface area contributed by atoms with Gasteiger partial charge in [-0.05, 0) is 68.9 Å². The molecule has 36 heavy (non-hydrogen) atoms. The summed E-state index contributed by atoms with van der Waals surface area (Å²) in [5.74, 6) is 0.465. The predicted molar refractivity (Wildman–Crippen MR) is 137 cm³/mol. The summed E-state index contributed by atoms with van der Waals surface area (Å²) in [6, 6.07) is 9.16. The number of rotatable bonds is 5. The van der Waals surface area contributed by atoms with Gasteiger partial charge >= 0.3 is 5.97 Å². The Morgan fingerprint density at radius 3 is 2.28 bits per heavy atom. The number of aliphatic carboxylic acids is 1. The quantitative estimate of drug-likeness (QED) is 0.492. The van der Waals surface area contributed by atoms with Crippen molar-refractivity contribution in [2.24, 2.45) is 17.0 Å². The monoisotopic (exact) mass is 492 g/mol. The topological polar surface area (TPSA) is 97.0 Å². The summed E-state index contributed by atoms with van der Waals surface area (Å²) >= 11 is 0. The van der Waals surface area contributed by atoms with E-state index in [4.69, 9.17) is 4.84 Å².